The summed E-state index contributed by atoms with van der Waals surface area (Å²) in [6.07, 6.45) is 8.59. The van der Waals surface area contributed by atoms with Crippen molar-refractivity contribution in [1.29, 1.82) is 0 Å². The summed E-state index contributed by atoms with van der Waals surface area (Å²) in [5, 5.41) is 3.15. The maximum atomic E-state index is 12.6. The second-order valence-corrected chi connectivity index (χ2v) is 7.44. The number of nitrogens with one attached hydrogen (secondary N) is 2. The Kier molecular flexibility index (Phi) is 5.58. The molecule has 0 bridgehead atoms. The molecule has 1 fully saturated rings. The fourth-order valence-electron chi connectivity index (χ4n) is 2.86. The van der Waals surface area contributed by atoms with Crippen LogP contribution >= 0.6 is 0 Å². The molecule has 1 aliphatic rings. The number of nitrogens with zero attached hydrogens (tertiary/aromatic N) is 1. The van der Waals surface area contributed by atoms with Crippen molar-refractivity contribution in [3.05, 3.63) is 18.5 Å². The average Bonchev–Trinajstić information content (AvgIpc) is 2.99. The Morgan fingerprint density at radius 1 is 1.38 bits per heavy atom. The molecule has 0 amide bonds. The summed E-state index contributed by atoms with van der Waals surface area (Å²) in [6, 6.07) is 1.68. The van der Waals surface area contributed by atoms with E-state index < -0.39 is 10.0 Å². The van der Waals surface area contributed by atoms with Gasteiger partial charge in [-0.1, -0.05) is 19.8 Å². The summed E-state index contributed by atoms with van der Waals surface area (Å²) in [6.45, 7) is 4.75. The zero-order chi connectivity index (χ0) is 15.3. The van der Waals surface area contributed by atoms with E-state index in [4.69, 9.17) is 0 Å². The molecule has 5 nitrogen and oxygen atoms in total. The van der Waals surface area contributed by atoms with Gasteiger partial charge in [-0.05, 0) is 38.2 Å². The first-order chi connectivity index (χ1) is 10.0. The van der Waals surface area contributed by atoms with Crippen molar-refractivity contribution in [2.45, 2.75) is 56.9 Å². The summed E-state index contributed by atoms with van der Waals surface area (Å²) in [5.74, 6) is 0.448. The normalized spacial score (nSPS) is 17.8. The van der Waals surface area contributed by atoms with Gasteiger partial charge in [-0.3, -0.25) is 4.98 Å². The lowest BCUT2D eigenvalue weighted by atomic mass is 10.0. The fourth-order valence-corrected chi connectivity index (χ4v) is 4.30. The van der Waals surface area contributed by atoms with Gasteiger partial charge in [0.25, 0.3) is 0 Å². The van der Waals surface area contributed by atoms with Crippen LogP contribution in [0.25, 0.3) is 0 Å². The summed E-state index contributed by atoms with van der Waals surface area (Å²) in [5.41, 5.74) is 0.623. The van der Waals surface area contributed by atoms with E-state index in [0.717, 1.165) is 25.8 Å². The maximum absolute atomic E-state index is 12.6. The minimum absolute atomic E-state index is 0.0308. The van der Waals surface area contributed by atoms with Crippen molar-refractivity contribution in [2.24, 2.45) is 5.92 Å². The molecule has 1 atom stereocenters. The van der Waals surface area contributed by atoms with Gasteiger partial charge in [-0.25, -0.2) is 13.1 Å². The fraction of sp³-hybridized carbons (Fsp3) is 0.667. The van der Waals surface area contributed by atoms with E-state index >= 15 is 0 Å². The van der Waals surface area contributed by atoms with Crippen molar-refractivity contribution in [3.8, 4) is 0 Å². The van der Waals surface area contributed by atoms with Crippen molar-refractivity contribution in [1.82, 2.24) is 9.71 Å². The molecule has 1 unspecified atom stereocenters. The largest absolute Gasteiger partial charge is 0.384 e. The Bertz CT molecular complexity index is 554. The van der Waals surface area contributed by atoms with E-state index in [9.17, 15) is 8.42 Å². The Balaban J connectivity index is 2.14. The van der Waals surface area contributed by atoms with Crippen LogP contribution in [-0.4, -0.2) is 26.0 Å². The van der Waals surface area contributed by atoms with Crippen LogP contribution in [0.3, 0.4) is 0 Å². The van der Waals surface area contributed by atoms with Crippen molar-refractivity contribution in [3.63, 3.8) is 0 Å². The Labute approximate surface area is 127 Å². The van der Waals surface area contributed by atoms with Crippen LogP contribution in [0.5, 0.6) is 0 Å². The Morgan fingerprint density at radius 2 is 2.10 bits per heavy atom. The molecule has 0 radical (unpaired) electrons. The number of pyridine rings is 1. The van der Waals surface area contributed by atoms with Gasteiger partial charge in [-0.15, -0.1) is 0 Å². The molecule has 0 spiro atoms. The molecular weight excluding hydrogens is 286 g/mol. The van der Waals surface area contributed by atoms with Crippen LogP contribution in [-0.2, 0) is 10.0 Å². The Hall–Kier alpha value is -1.14. The first-order valence-electron chi connectivity index (χ1n) is 7.75. The SMILES string of the molecule is CCCNc1ccncc1S(=O)(=O)NC(C)C1CCCC1. The highest BCUT2D eigenvalue weighted by atomic mass is 32.2. The molecule has 0 aromatic carbocycles. The molecule has 1 heterocycles. The molecule has 2 rings (SSSR count). The summed E-state index contributed by atoms with van der Waals surface area (Å²) < 4.78 is 28.0. The minimum Gasteiger partial charge on any atom is -0.384 e. The molecule has 0 aliphatic heterocycles. The van der Waals surface area contributed by atoms with Gasteiger partial charge in [0.05, 0.1) is 5.69 Å². The number of aromatic nitrogens is 1. The van der Waals surface area contributed by atoms with E-state index in [1.165, 1.54) is 19.0 Å². The predicted octanol–water partition coefficient (Wildman–Crippen LogP) is 2.76. The highest BCUT2D eigenvalue weighted by molar-refractivity contribution is 7.89. The van der Waals surface area contributed by atoms with Gasteiger partial charge in [0.1, 0.15) is 4.90 Å². The smallest absolute Gasteiger partial charge is 0.244 e. The Morgan fingerprint density at radius 3 is 2.76 bits per heavy atom. The molecule has 118 valence electrons. The first-order valence-corrected chi connectivity index (χ1v) is 9.23. The van der Waals surface area contributed by atoms with Crippen LogP contribution in [0.2, 0.25) is 0 Å². The predicted molar refractivity (Wildman–Crippen MR) is 84.8 cm³/mol. The highest BCUT2D eigenvalue weighted by Crippen LogP contribution is 2.29. The molecule has 21 heavy (non-hydrogen) atoms. The molecule has 1 aliphatic carbocycles. The van der Waals surface area contributed by atoms with Crippen LogP contribution < -0.4 is 10.0 Å². The van der Waals surface area contributed by atoms with Crippen LogP contribution in [0.1, 0.15) is 46.0 Å². The van der Waals surface area contributed by atoms with E-state index in [1.807, 2.05) is 13.8 Å². The lowest BCUT2D eigenvalue weighted by Crippen LogP contribution is -2.37. The number of hydrogen-bond acceptors (Lipinski definition) is 4. The monoisotopic (exact) mass is 311 g/mol. The van der Waals surface area contributed by atoms with Gasteiger partial charge in [0.2, 0.25) is 10.0 Å². The topological polar surface area (TPSA) is 71.1 Å². The zero-order valence-corrected chi connectivity index (χ0v) is 13.6. The highest BCUT2D eigenvalue weighted by Gasteiger charge is 2.27. The molecule has 2 N–H and O–H groups in total. The van der Waals surface area contributed by atoms with Gasteiger partial charge in [-0.2, -0.15) is 0 Å². The molecule has 1 aromatic heterocycles. The van der Waals surface area contributed by atoms with Gasteiger partial charge >= 0.3 is 0 Å². The molecule has 6 heteroatoms. The van der Waals surface area contributed by atoms with Crippen molar-refractivity contribution >= 4 is 15.7 Å². The molecule has 1 saturated carbocycles. The number of sulfonamides is 1. The van der Waals surface area contributed by atoms with Crippen LogP contribution in [0.4, 0.5) is 5.69 Å². The second-order valence-electron chi connectivity index (χ2n) is 5.75. The van der Waals surface area contributed by atoms with Crippen molar-refractivity contribution in [2.75, 3.05) is 11.9 Å². The summed E-state index contributed by atoms with van der Waals surface area (Å²) >= 11 is 0. The summed E-state index contributed by atoms with van der Waals surface area (Å²) in [7, 11) is -3.53. The lowest BCUT2D eigenvalue weighted by Gasteiger charge is -2.21. The minimum atomic E-state index is -3.53. The standard InChI is InChI=1S/C15H25N3O2S/c1-3-9-17-14-8-10-16-11-15(14)21(19,20)18-12(2)13-6-4-5-7-13/h8,10-13,18H,3-7,9H2,1-2H3,(H,16,17). The lowest BCUT2D eigenvalue weighted by molar-refractivity contribution is 0.424. The third-order valence-corrected chi connectivity index (χ3v) is 5.67. The van der Waals surface area contributed by atoms with Gasteiger partial charge < -0.3 is 5.32 Å². The molecule has 1 aromatic rings. The number of rotatable bonds is 7. The van der Waals surface area contributed by atoms with E-state index in [2.05, 4.69) is 15.0 Å². The van der Waals surface area contributed by atoms with E-state index in [-0.39, 0.29) is 10.9 Å². The number of hydrogen-bond donors (Lipinski definition) is 2. The van der Waals surface area contributed by atoms with E-state index in [1.54, 1.807) is 12.3 Å². The molecule has 0 saturated heterocycles. The maximum Gasteiger partial charge on any atom is 0.244 e. The van der Waals surface area contributed by atoms with Gasteiger partial charge in [0, 0.05) is 25.0 Å². The number of anilines is 1. The molecular formula is C15H25N3O2S. The summed E-state index contributed by atoms with van der Waals surface area (Å²) in [4.78, 5) is 4.20. The third kappa shape index (κ3) is 4.17. The zero-order valence-electron chi connectivity index (χ0n) is 12.8. The van der Waals surface area contributed by atoms with Crippen LogP contribution in [0, 0.1) is 5.92 Å². The second kappa shape index (κ2) is 7.22. The average molecular weight is 311 g/mol. The first kappa shape index (κ1) is 16.2. The van der Waals surface area contributed by atoms with Crippen molar-refractivity contribution < 1.29 is 8.42 Å². The quantitative estimate of drug-likeness (QED) is 0.812. The van der Waals surface area contributed by atoms with Crippen LogP contribution in [0.15, 0.2) is 23.4 Å². The third-order valence-electron chi connectivity index (χ3n) is 4.09. The van der Waals surface area contributed by atoms with Gasteiger partial charge in [0.15, 0.2) is 0 Å². The van der Waals surface area contributed by atoms with E-state index in [0.29, 0.717) is 11.6 Å².